The normalized spacial score (nSPS) is 16.6. The van der Waals surface area contributed by atoms with Crippen LogP contribution in [0.3, 0.4) is 0 Å². The summed E-state index contributed by atoms with van der Waals surface area (Å²) >= 11 is 0. The lowest BCUT2D eigenvalue weighted by Crippen LogP contribution is -2.41. The van der Waals surface area contributed by atoms with Crippen LogP contribution >= 0.6 is 0 Å². The Morgan fingerprint density at radius 3 is 2.12 bits per heavy atom. The second-order valence-corrected chi connectivity index (χ2v) is 7.56. The number of rotatable bonds is 5. The molecule has 3 nitrogen and oxygen atoms in total. The predicted octanol–water partition coefficient (Wildman–Crippen LogP) is 4.34. The molecule has 25 heavy (non-hydrogen) atoms. The number of nitrogens with one attached hydrogen (secondary N) is 2. The van der Waals surface area contributed by atoms with Gasteiger partial charge in [0, 0.05) is 11.1 Å². The summed E-state index contributed by atoms with van der Waals surface area (Å²) in [6.45, 7) is 4.10. The topological polar surface area (TPSA) is 41.1 Å². The monoisotopic (exact) mass is 336 g/mol. The summed E-state index contributed by atoms with van der Waals surface area (Å²) in [4.78, 5) is 12.5. The van der Waals surface area contributed by atoms with Crippen LogP contribution in [0.5, 0.6) is 0 Å². The number of benzene rings is 2. The molecule has 0 radical (unpaired) electrons. The highest BCUT2D eigenvalue weighted by Crippen LogP contribution is 2.38. The summed E-state index contributed by atoms with van der Waals surface area (Å²) in [5.74, 6) is -0.0443. The van der Waals surface area contributed by atoms with Gasteiger partial charge in [-0.2, -0.15) is 0 Å². The standard InChI is InChI=1S/C22H28N2O/c1-21(2,24-20(25)17-9-5-4-6-10-17)18-11-13-19(14-12-18)22(23-3)15-7-8-16-22/h4-6,9-14,23H,7-8,15-16H2,1-3H3,(H,24,25). The maximum Gasteiger partial charge on any atom is 0.251 e. The van der Waals surface area contributed by atoms with Gasteiger partial charge in [0.2, 0.25) is 0 Å². The zero-order valence-corrected chi connectivity index (χ0v) is 15.4. The maximum atomic E-state index is 12.5. The predicted molar refractivity (Wildman–Crippen MR) is 103 cm³/mol. The Bertz CT molecular complexity index is 713. The Balaban J connectivity index is 1.77. The van der Waals surface area contributed by atoms with Crippen LogP contribution in [0.25, 0.3) is 0 Å². The summed E-state index contributed by atoms with van der Waals surface area (Å²) in [6.07, 6.45) is 4.94. The van der Waals surface area contributed by atoms with Crippen molar-refractivity contribution in [2.75, 3.05) is 7.05 Å². The van der Waals surface area contributed by atoms with Crippen LogP contribution in [0.2, 0.25) is 0 Å². The van der Waals surface area contributed by atoms with Gasteiger partial charge in [-0.1, -0.05) is 55.3 Å². The van der Waals surface area contributed by atoms with Crippen molar-refractivity contribution in [3.63, 3.8) is 0 Å². The number of hydrogen-bond donors (Lipinski definition) is 2. The molecule has 0 heterocycles. The first-order valence-corrected chi connectivity index (χ1v) is 9.14. The lowest BCUT2D eigenvalue weighted by Gasteiger charge is -2.31. The summed E-state index contributed by atoms with van der Waals surface area (Å²) in [5.41, 5.74) is 2.85. The second-order valence-electron chi connectivity index (χ2n) is 7.56. The fourth-order valence-corrected chi connectivity index (χ4v) is 3.89. The minimum atomic E-state index is -0.423. The van der Waals surface area contributed by atoms with E-state index < -0.39 is 5.54 Å². The Morgan fingerprint density at radius 2 is 1.56 bits per heavy atom. The summed E-state index contributed by atoms with van der Waals surface area (Å²) < 4.78 is 0. The summed E-state index contributed by atoms with van der Waals surface area (Å²) in [5, 5.41) is 6.68. The fourth-order valence-electron chi connectivity index (χ4n) is 3.89. The first kappa shape index (κ1) is 17.7. The highest BCUT2D eigenvalue weighted by atomic mass is 16.1. The highest BCUT2D eigenvalue weighted by Gasteiger charge is 2.34. The van der Waals surface area contributed by atoms with Crippen LogP contribution in [0, 0.1) is 0 Å². The van der Waals surface area contributed by atoms with E-state index in [9.17, 15) is 4.79 Å². The van der Waals surface area contributed by atoms with Crippen molar-refractivity contribution in [3.8, 4) is 0 Å². The number of amides is 1. The third-order valence-corrected chi connectivity index (χ3v) is 5.56. The van der Waals surface area contributed by atoms with Crippen LogP contribution in [-0.2, 0) is 11.1 Å². The molecule has 1 aliphatic rings. The van der Waals surface area contributed by atoms with Crippen LogP contribution in [0.4, 0.5) is 0 Å². The van der Waals surface area contributed by atoms with Crippen molar-refractivity contribution >= 4 is 5.91 Å². The molecule has 0 aromatic heterocycles. The summed E-state index contributed by atoms with van der Waals surface area (Å²) in [6, 6.07) is 18.1. The van der Waals surface area contributed by atoms with Gasteiger partial charge >= 0.3 is 0 Å². The molecule has 2 N–H and O–H groups in total. The molecule has 0 unspecified atom stereocenters. The second kappa shape index (κ2) is 7.01. The molecular formula is C22H28N2O. The Labute approximate surface area is 150 Å². The molecule has 0 aliphatic heterocycles. The smallest absolute Gasteiger partial charge is 0.251 e. The molecule has 1 fully saturated rings. The minimum absolute atomic E-state index is 0.0443. The average Bonchev–Trinajstić information content (AvgIpc) is 3.12. The molecule has 0 atom stereocenters. The largest absolute Gasteiger partial charge is 0.343 e. The Hall–Kier alpha value is -2.13. The van der Waals surface area contributed by atoms with Gasteiger partial charge in [0.1, 0.15) is 0 Å². The molecule has 1 amide bonds. The van der Waals surface area contributed by atoms with Crippen LogP contribution in [-0.4, -0.2) is 13.0 Å². The first-order valence-electron chi connectivity index (χ1n) is 9.14. The van der Waals surface area contributed by atoms with Crippen molar-refractivity contribution in [1.29, 1.82) is 0 Å². The average molecular weight is 336 g/mol. The van der Waals surface area contributed by atoms with Crippen LogP contribution in [0.15, 0.2) is 54.6 Å². The van der Waals surface area contributed by atoms with Gasteiger partial charge < -0.3 is 10.6 Å². The van der Waals surface area contributed by atoms with E-state index in [4.69, 9.17) is 0 Å². The number of carbonyl (C=O) groups excluding carboxylic acids is 1. The molecule has 3 rings (SSSR count). The van der Waals surface area contributed by atoms with E-state index in [2.05, 4.69) is 41.9 Å². The van der Waals surface area contributed by atoms with E-state index >= 15 is 0 Å². The van der Waals surface area contributed by atoms with Crippen molar-refractivity contribution in [2.24, 2.45) is 0 Å². The zero-order chi connectivity index (χ0) is 17.9. The lowest BCUT2D eigenvalue weighted by atomic mass is 9.85. The van der Waals surface area contributed by atoms with Gasteiger partial charge in [0.25, 0.3) is 5.91 Å². The lowest BCUT2D eigenvalue weighted by molar-refractivity contribution is 0.0912. The Morgan fingerprint density at radius 1 is 0.960 bits per heavy atom. The molecule has 0 spiro atoms. The molecular weight excluding hydrogens is 308 g/mol. The van der Waals surface area contributed by atoms with E-state index in [0.717, 1.165) is 5.56 Å². The van der Waals surface area contributed by atoms with E-state index in [1.54, 1.807) is 0 Å². The highest BCUT2D eigenvalue weighted by molar-refractivity contribution is 5.94. The quantitative estimate of drug-likeness (QED) is 0.853. The van der Waals surface area contributed by atoms with Crippen LogP contribution < -0.4 is 10.6 Å². The molecule has 2 aromatic carbocycles. The van der Waals surface area contributed by atoms with Crippen molar-refractivity contribution in [3.05, 3.63) is 71.3 Å². The van der Waals surface area contributed by atoms with Crippen molar-refractivity contribution in [2.45, 2.75) is 50.6 Å². The zero-order valence-electron chi connectivity index (χ0n) is 15.4. The van der Waals surface area contributed by atoms with E-state index in [-0.39, 0.29) is 11.4 Å². The van der Waals surface area contributed by atoms with Gasteiger partial charge in [-0.3, -0.25) is 4.79 Å². The van der Waals surface area contributed by atoms with Gasteiger partial charge in [-0.25, -0.2) is 0 Å². The van der Waals surface area contributed by atoms with E-state index in [0.29, 0.717) is 5.56 Å². The Kier molecular flexibility index (Phi) is 4.96. The molecule has 132 valence electrons. The number of hydrogen-bond acceptors (Lipinski definition) is 2. The van der Waals surface area contributed by atoms with Gasteiger partial charge in [-0.15, -0.1) is 0 Å². The van der Waals surface area contributed by atoms with Crippen molar-refractivity contribution in [1.82, 2.24) is 10.6 Å². The molecule has 0 saturated heterocycles. The maximum absolute atomic E-state index is 12.5. The molecule has 1 aliphatic carbocycles. The van der Waals surface area contributed by atoms with E-state index in [1.807, 2.05) is 44.2 Å². The third-order valence-electron chi connectivity index (χ3n) is 5.56. The number of carbonyl (C=O) groups is 1. The third kappa shape index (κ3) is 3.62. The molecule has 3 heteroatoms. The van der Waals surface area contributed by atoms with Crippen molar-refractivity contribution < 1.29 is 4.79 Å². The summed E-state index contributed by atoms with van der Waals surface area (Å²) in [7, 11) is 2.06. The first-order chi connectivity index (χ1) is 12.0. The van der Waals surface area contributed by atoms with E-state index in [1.165, 1.54) is 31.2 Å². The SMILES string of the molecule is CNC1(c2ccc(C(C)(C)NC(=O)c3ccccc3)cc2)CCCC1. The van der Waals surface area contributed by atoms with Gasteiger partial charge in [0.15, 0.2) is 0 Å². The fraction of sp³-hybridized carbons (Fsp3) is 0.409. The minimum Gasteiger partial charge on any atom is -0.343 e. The van der Waals surface area contributed by atoms with Gasteiger partial charge in [0.05, 0.1) is 5.54 Å². The van der Waals surface area contributed by atoms with Crippen LogP contribution in [0.1, 0.15) is 61.0 Å². The van der Waals surface area contributed by atoms with Gasteiger partial charge in [-0.05, 0) is 57.0 Å². The molecule has 1 saturated carbocycles. The molecule has 2 aromatic rings. The molecule has 0 bridgehead atoms.